The molecule has 4 aliphatic rings. The van der Waals surface area contributed by atoms with Gasteiger partial charge in [0.2, 0.25) is 0 Å². The first-order valence-corrected chi connectivity index (χ1v) is 11.7. The zero-order valence-corrected chi connectivity index (χ0v) is 18.7. The van der Waals surface area contributed by atoms with E-state index in [9.17, 15) is 10.1 Å². The number of carbonyl (C=O) groups excluding carboxylic acids is 1. The highest BCUT2D eigenvalue weighted by Gasteiger charge is 2.53. The van der Waals surface area contributed by atoms with Crippen LogP contribution in [0.1, 0.15) is 51.0 Å². The van der Waals surface area contributed by atoms with Crippen LogP contribution in [0.2, 0.25) is 0 Å². The fraction of sp³-hybridized carbons (Fsp3) is 0.583. The maximum absolute atomic E-state index is 12.7. The molecular weight excluding hydrogens is 426 g/mol. The third-order valence-electron chi connectivity index (χ3n) is 7.41. The first kappa shape index (κ1) is 20.5. The van der Waals surface area contributed by atoms with Crippen molar-refractivity contribution in [1.82, 2.24) is 10.6 Å². The second-order valence-electron chi connectivity index (χ2n) is 9.48. The van der Waals surface area contributed by atoms with Gasteiger partial charge in [0.25, 0.3) is 5.91 Å². The van der Waals surface area contributed by atoms with Crippen molar-refractivity contribution in [2.75, 3.05) is 6.54 Å². The lowest BCUT2D eigenvalue weighted by Crippen LogP contribution is -2.56. The molecule has 0 aromatic heterocycles. The second kappa shape index (κ2) is 8.52. The lowest BCUT2D eigenvalue weighted by atomic mass is 9.48. The van der Waals surface area contributed by atoms with Crippen LogP contribution >= 0.6 is 15.9 Å². The molecule has 4 nitrogen and oxygen atoms in total. The Bertz CT molecular complexity index is 805. The summed E-state index contributed by atoms with van der Waals surface area (Å²) in [6.45, 7) is 2.83. The Kier molecular flexibility index (Phi) is 6.01. The first-order valence-electron chi connectivity index (χ1n) is 10.9. The highest BCUT2D eigenvalue weighted by molar-refractivity contribution is 9.10. The van der Waals surface area contributed by atoms with Crippen LogP contribution in [0.15, 0.2) is 40.5 Å². The number of benzene rings is 1. The van der Waals surface area contributed by atoms with Crippen molar-refractivity contribution in [2.45, 2.75) is 57.9 Å². The summed E-state index contributed by atoms with van der Waals surface area (Å²) in [4.78, 5) is 12.7. The predicted octanol–water partition coefficient (Wildman–Crippen LogP) is 4.71. The van der Waals surface area contributed by atoms with Crippen molar-refractivity contribution in [3.63, 3.8) is 0 Å². The van der Waals surface area contributed by atoms with Crippen LogP contribution in [0.3, 0.4) is 0 Å². The largest absolute Gasteiger partial charge is 0.389 e. The third kappa shape index (κ3) is 4.53. The van der Waals surface area contributed by atoms with Crippen LogP contribution in [0.5, 0.6) is 0 Å². The van der Waals surface area contributed by atoms with E-state index in [1.54, 1.807) is 6.20 Å². The molecule has 29 heavy (non-hydrogen) atoms. The normalized spacial score (nSPS) is 31.2. The molecule has 0 heterocycles. The summed E-state index contributed by atoms with van der Waals surface area (Å²) in [5.41, 5.74) is 1.62. The molecule has 1 aromatic carbocycles. The summed E-state index contributed by atoms with van der Waals surface area (Å²) >= 11 is 3.48. The minimum atomic E-state index is -0.245. The van der Waals surface area contributed by atoms with Crippen LogP contribution in [-0.4, -0.2) is 18.5 Å². The summed E-state index contributed by atoms with van der Waals surface area (Å²) in [6.07, 6.45) is 10.3. The molecule has 5 rings (SSSR count). The van der Waals surface area contributed by atoms with E-state index in [0.29, 0.717) is 6.54 Å². The van der Waals surface area contributed by atoms with Gasteiger partial charge in [0.05, 0.1) is 0 Å². The van der Waals surface area contributed by atoms with E-state index in [1.807, 2.05) is 12.1 Å². The van der Waals surface area contributed by atoms with Crippen LogP contribution < -0.4 is 10.6 Å². The van der Waals surface area contributed by atoms with Crippen molar-refractivity contribution < 1.29 is 4.79 Å². The van der Waals surface area contributed by atoms with Gasteiger partial charge in [-0.3, -0.25) is 4.79 Å². The van der Waals surface area contributed by atoms with Gasteiger partial charge in [-0.05, 0) is 92.7 Å². The summed E-state index contributed by atoms with van der Waals surface area (Å²) < 4.78 is 1.06. The van der Waals surface area contributed by atoms with Gasteiger partial charge in [0, 0.05) is 23.3 Å². The Labute approximate surface area is 182 Å². The lowest BCUT2D eigenvalue weighted by Gasteiger charge is -2.59. The second-order valence-corrected chi connectivity index (χ2v) is 10.4. The number of amides is 1. The number of hydrogen-bond acceptors (Lipinski definition) is 3. The number of hydrogen-bond donors (Lipinski definition) is 2. The number of carbonyl (C=O) groups is 1. The van der Waals surface area contributed by atoms with Crippen molar-refractivity contribution in [3.05, 3.63) is 46.1 Å². The Morgan fingerprint density at radius 3 is 2.52 bits per heavy atom. The van der Waals surface area contributed by atoms with E-state index < -0.39 is 0 Å². The molecule has 0 spiro atoms. The molecular formula is C24H30BrN3O. The van der Waals surface area contributed by atoms with E-state index in [4.69, 9.17) is 0 Å². The monoisotopic (exact) mass is 455 g/mol. The summed E-state index contributed by atoms with van der Waals surface area (Å²) in [5, 5.41) is 15.8. The Balaban J connectivity index is 1.31. The molecule has 1 atom stereocenters. The van der Waals surface area contributed by atoms with Crippen LogP contribution in [0.25, 0.3) is 0 Å². The molecule has 0 aliphatic heterocycles. The van der Waals surface area contributed by atoms with E-state index in [1.165, 1.54) is 44.1 Å². The Morgan fingerprint density at radius 1 is 1.28 bits per heavy atom. The first-order chi connectivity index (χ1) is 14.0. The number of nitrogens with zero attached hydrogens (tertiary/aromatic N) is 1. The van der Waals surface area contributed by atoms with E-state index in [0.717, 1.165) is 28.6 Å². The number of halogens is 1. The van der Waals surface area contributed by atoms with Gasteiger partial charge in [-0.15, -0.1) is 0 Å². The lowest BCUT2D eigenvalue weighted by molar-refractivity contribution is -0.122. The van der Waals surface area contributed by atoms with Crippen LogP contribution in [0, 0.1) is 34.5 Å². The molecule has 4 fully saturated rings. The Hall–Kier alpha value is -1.80. The van der Waals surface area contributed by atoms with Crippen LogP contribution in [0.4, 0.5) is 0 Å². The van der Waals surface area contributed by atoms with Crippen LogP contribution in [-0.2, 0) is 11.2 Å². The standard InChI is InChI=1S/C24H30BrN3O/c1-16(24-11-18-7-19(12-24)9-20(8-18)13-24)28-23(29)21(14-26)15-27-6-5-17-3-2-4-22(25)10-17/h2-4,10,15-16,18-20,27H,5-9,11-13H2,1H3,(H,28,29)/b21-15-. The average Bonchev–Trinajstić information content (AvgIpc) is 2.67. The van der Waals surface area contributed by atoms with Gasteiger partial charge < -0.3 is 10.6 Å². The van der Waals surface area contributed by atoms with Gasteiger partial charge in [-0.25, -0.2) is 0 Å². The molecule has 1 aromatic rings. The minimum absolute atomic E-state index is 0.127. The van der Waals surface area contributed by atoms with Gasteiger partial charge in [0.15, 0.2) is 0 Å². The topological polar surface area (TPSA) is 64.9 Å². The molecule has 1 unspecified atom stereocenters. The maximum atomic E-state index is 12.7. The molecule has 1 amide bonds. The van der Waals surface area contributed by atoms with Crippen molar-refractivity contribution in [1.29, 1.82) is 5.26 Å². The maximum Gasteiger partial charge on any atom is 0.263 e. The van der Waals surface area contributed by atoms with Gasteiger partial charge >= 0.3 is 0 Å². The van der Waals surface area contributed by atoms with Gasteiger partial charge in [0.1, 0.15) is 11.6 Å². The molecule has 4 bridgehead atoms. The summed E-state index contributed by atoms with van der Waals surface area (Å²) in [5.74, 6) is 2.31. The SMILES string of the molecule is CC(NC(=O)/C(C#N)=C\NCCc1cccc(Br)c1)C12CC3CC(CC(C3)C1)C2. The highest BCUT2D eigenvalue weighted by atomic mass is 79.9. The number of nitrogens with one attached hydrogen (secondary N) is 2. The van der Waals surface area contributed by atoms with Crippen molar-refractivity contribution >= 4 is 21.8 Å². The fourth-order valence-electron chi connectivity index (χ4n) is 6.37. The molecule has 4 aliphatic carbocycles. The quantitative estimate of drug-likeness (QED) is 0.355. The zero-order chi connectivity index (χ0) is 20.4. The molecule has 0 radical (unpaired) electrons. The molecule has 0 saturated heterocycles. The molecule has 154 valence electrons. The smallest absolute Gasteiger partial charge is 0.263 e. The summed E-state index contributed by atoms with van der Waals surface area (Å²) in [6, 6.07) is 10.4. The molecule has 4 saturated carbocycles. The van der Waals surface area contributed by atoms with E-state index >= 15 is 0 Å². The molecule has 2 N–H and O–H groups in total. The Morgan fingerprint density at radius 2 is 1.93 bits per heavy atom. The van der Waals surface area contributed by atoms with Gasteiger partial charge in [-0.1, -0.05) is 28.1 Å². The third-order valence-corrected chi connectivity index (χ3v) is 7.90. The fourth-order valence-corrected chi connectivity index (χ4v) is 6.81. The average molecular weight is 456 g/mol. The van der Waals surface area contributed by atoms with Gasteiger partial charge in [-0.2, -0.15) is 5.26 Å². The summed E-state index contributed by atoms with van der Waals surface area (Å²) in [7, 11) is 0. The van der Waals surface area contributed by atoms with Crippen molar-refractivity contribution in [2.24, 2.45) is 23.2 Å². The minimum Gasteiger partial charge on any atom is -0.389 e. The van der Waals surface area contributed by atoms with E-state index in [-0.39, 0.29) is 22.9 Å². The predicted molar refractivity (Wildman–Crippen MR) is 118 cm³/mol. The van der Waals surface area contributed by atoms with E-state index in [2.05, 4.69) is 51.7 Å². The van der Waals surface area contributed by atoms with Crippen molar-refractivity contribution in [3.8, 4) is 6.07 Å². The number of nitriles is 1. The zero-order valence-electron chi connectivity index (χ0n) is 17.1. The number of rotatable bonds is 7. The molecule has 5 heteroatoms. The highest BCUT2D eigenvalue weighted by Crippen LogP contribution is 2.61.